The third kappa shape index (κ3) is 5.62. The third-order valence-electron chi connectivity index (χ3n) is 1.24. The molecule has 1 aromatic rings. The van der Waals surface area contributed by atoms with Crippen molar-refractivity contribution in [2.75, 3.05) is 32.6 Å². The maximum Gasteiger partial charge on any atom is 0.176 e. The number of aromatic nitrogens is 2. The SMILES string of the molecule is CN.CNC.S=c1[nH]c2c([nH]1)SCCS2. The van der Waals surface area contributed by atoms with Gasteiger partial charge in [0.05, 0.1) is 0 Å². The van der Waals surface area contributed by atoms with Crippen LogP contribution < -0.4 is 11.1 Å². The molecule has 0 atom stereocenters. The molecule has 0 radical (unpaired) electrons. The summed E-state index contributed by atoms with van der Waals surface area (Å²) in [4.78, 5) is 6.20. The van der Waals surface area contributed by atoms with Gasteiger partial charge in [-0.3, -0.25) is 0 Å². The zero-order valence-corrected chi connectivity index (χ0v) is 11.7. The number of thioether (sulfide) groups is 2. The number of nitrogens with one attached hydrogen (secondary N) is 3. The summed E-state index contributed by atoms with van der Waals surface area (Å²) in [5.74, 6) is 2.36. The molecular formula is C8H18N4S3. The first-order chi connectivity index (χ1) is 7.27. The van der Waals surface area contributed by atoms with Crippen molar-refractivity contribution < 1.29 is 0 Å². The maximum atomic E-state index is 4.94. The molecule has 0 fully saturated rings. The van der Waals surface area contributed by atoms with Gasteiger partial charge in [-0.25, -0.2) is 0 Å². The van der Waals surface area contributed by atoms with E-state index < -0.39 is 0 Å². The van der Waals surface area contributed by atoms with E-state index in [0.29, 0.717) is 0 Å². The highest BCUT2D eigenvalue weighted by molar-refractivity contribution is 8.05. The molecule has 4 nitrogen and oxygen atoms in total. The van der Waals surface area contributed by atoms with E-state index in [1.165, 1.54) is 28.6 Å². The predicted octanol–water partition coefficient (Wildman–Crippen LogP) is 1.68. The van der Waals surface area contributed by atoms with Crippen LogP contribution in [-0.2, 0) is 0 Å². The summed E-state index contributed by atoms with van der Waals surface area (Å²) in [6, 6.07) is 0. The van der Waals surface area contributed by atoms with Crippen molar-refractivity contribution in [3.05, 3.63) is 4.77 Å². The van der Waals surface area contributed by atoms with Crippen molar-refractivity contribution in [1.29, 1.82) is 0 Å². The summed E-state index contributed by atoms with van der Waals surface area (Å²) in [5.41, 5.74) is 4.50. The van der Waals surface area contributed by atoms with Crippen LogP contribution in [0.1, 0.15) is 0 Å². The number of imidazole rings is 1. The number of fused-ring (bicyclic) bond motifs is 1. The molecule has 0 amide bonds. The molecule has 0 spiro atoms. The minimum atomic E-state index is 0.743. The Morgan fingerprint density at radius 3 is 1.80 bits per heavy atom. The third-order valence-corrected chi connectivity index (χ3v) is 3.83. The summed E-state index contributed by atoms with van der Waals surface area (Å²) in [6.45, 7) is 0. The minimum Gasteiger partial charge on any atom is -0.333 e. The predicted molar refractivity (Wildman–Crippen MR) is 72.5 cm³/mol. The monoisotopic (exact) mass is 266 g/mol. The average Bonchev–Trinajstić information content (AvgIpc) is 2.62. The van der Waals surface area contributed by atoms with Crippen LogP contribution in [0.4, 0.5) is 0 Å². The van der Waals surface area contributed by atoms with E-state index in [-0.39, 0.29) is 0 Å². The Hall–Kier alpha value is 0.0500. The number of nitrogens with two attached hydrogens (primary N) is 1. The van der Waals surface area contributed by atoms with Gasteiger partial charge in [0.1, 0.15) is 10.1 Å². The van der Waals surface area contributed by atoms with Crippen molar-refractivity contribution in [1.82, 2.24) is 15.3 Å². The molecule has 0 saturated heterocycles. The average molecular weight is 266 g/mol. The van der Waals surface area contributed by atoms with Gasteiger partial charge in [0.2, 0.25) is 0 Å². The van der Waals surface area contributed by atoms with Gasteiger partial charge in [0, 0.05) is 11.5 Å². The summed E-state index contributed by atoms with van der Waals surface area (Å²) >= 11 is 8.61. The highest BCUT2D eigenvalue weighted by atomic mass is 32.2. The second-order valence-electron chi connectivity index (χ2n) is 2.43. The quantitative estimate of drug-likeness (QED) is 0.538. The maximum absolute atomic E-state index is 4.94. The number of rotatable bonds is 0. The number of aromatic amines is 2. The van der Waals surface area contributed by atoms with Crippen LogP contribution in [0.25, 0.3) is 0 Å². The van der Waals surface area contributed by atoms with Gasteiger partial charge in [-0.1, -0.05) is 0 Å². The standard InChI is InChI=1S/C5H6N2S3.C2H7N.CH5N/c8-5-6-3-4(7-5)10-2-1-9-3;1-3-2;1-2/h1-2H2,(H2,6,7,8);3H,1-2H3;2H2,1H3. The summed E-state index contributed by atoms with van der Waals surface area (Å²) in [6.07, 6.45) is 0. The first-order valence-electron chi connectivity index (χ1n) is 4.52. The van der Waals surface area contributed by atoms with Crippen molar-refractivity contribution in [2.24, 2.45) is 5.73 Å². The largest absolute Gasteiger partial charge is 0.333 e. The lowest BCUT2D eigenvalue weighted by atomic mass is 10.9. The molecule has 1 aromatic heterocycles. The Labute approximate surface area is 104 Å². The van der Waals surface area contributed by atoms with Crippen LogP contribution in [0.5, 0.6) is 0 Å². The Kier molecular flexibility index (Phi) is 9.32. The highest BCUT2D eigenvalue weighted by Gasteiger charge is 2.11. The summed E-state index contributed by atoms with van der Waals surface area (Å²) in [5, 5.41) is 5.17. The van der Waals surface area contributed by atoms with Crippen LogP contribution in [0.15, 0.2) is 10.1 Å². The van der Waals surface area contributed by atoms with Crippen molar-refractivity contribution in [3.63, 3.8) is 0 Å². The lowest BCUT2D eigenvalue weighted by Crippen LogP contribution is -1.91. The highest BCUT2D eigenvalue weighted by Crippen LogP contribution is 2.33. The molecule has 88 valence electrons. The number of H-pyrrole nitrogens is 2. The van der Waals surface area contributed by atoms with E-state index in [0.717, 1.165) is 4.77 Å². The lowest BCUT2D eigenvalue weighted by molar-refractivity contribution is 1.02. The Morgan fingerprint density at radius 2 is 1.47 bits per heavy atom. The first-order valence-corrected chi connectivity index (χ1v) is 6.90. The van der Waals surface area contributed by atoms with E-state index >= 15 is 0 Å². The molecule has 0 aromatic carbocycles. The first kappa shape index (κ1) is 15.0. The normalized spacial score (nSPS) is 12.8. The fourth-order valence-electron chi connectivity index (χ4n) is 0.842. The molecule has 1 aliphatic heterocycles. The minimum absolute atomic E-state index is 0.743. The molecule has 0 saturated carbocycles. The van der Waals surface area contributed by atoms with Gasteiger partial charge in [-0.05, 0) is 33.4 Å². The molecule has 2 rings (SSSR count). The van der Waals surface area contributed by atoms with Crippen LogP contribution in [0, 0.1) is 4.77 Å². The summed E-state index contributed by atoms with van der Waals surface area (Å²) in [7, 11) is 5.25. The van der Waals surface area contributed by atoms with Gasteiger partial charge in [0.25, 0.3) is 0 Å². The van der Waals surface area contributed by atoms with Crippen LogP contribution in [0.3, 0.4) is 0 Å². The van der Waals surface area contributed by atoms with E-state index in [4.69, 9.17) is 12.2 Å². The molecular weight excluding hydrogens is 248 g/mol. The second kappa shape index (κ2) is 9.29. The topological polar surface area (TPSA) is 69.6 Å². The lowest BCUT2D eigenvalue weighted by Gasteiger charge is -2.06. The second-order valence-corrected chi connectivity index (χ2v) is 5.05. The van der Waals surface area contributed by atoms with Gasteiger partial charge < -0.3 is 21.0 Å². The van der Waals surface area contributed by atoms with Gasteiger partial charge >= 0.3 is 0 Å². The van der Waals surface area contributed by atoms with Crippen molar-refractivity contribution in [2.45, 2.75) is 10.1 Å². The Morgan fingerprint density at radius 1 is 1.13 bits per heavy atom. The van der Waals surface area contributed by atoms with E-state index in [9.17, 15) is 0 Å². The van der Waals surface area contributed by atoms with Gasteiger partial charge in [-0.2, -0.15) is 0 Å². The fraction of sp³-hybridized carbons (Fsp3) is 0.625. The Balaban J connectivity index is 0.000000342. The summed E-state index contributed by atoms with van der Waals surface area (Å²) < 4.78 is 0.743. The number of hydrogen-bond acceptors (Lipinski definition) is 5. The van der Waals surface area contributed by atoms with Crippen molar-refractivity contribution in [3.8, 4) is 0 Å². The molecule has 0 unspecified atom stereocenters. The van der Waals surface area contributed by atoms with E-state index in [2.05, 4.69) is 21.0 Å². The van der Waals surface area contributed by atoms with Crippen LogP contribution >= 0.6 is 35.7 Å². The smallest absolute Gasteiger partial charge is 0.176 e. The number of hydrogen-bond donors (Lipinski definition) is 4. The van der Waals surface area contributed by atoms with E-state index in [1.54, 1.807) is 0 Å². The van der Waals surface area contributed by atoms with Gasteiger partial charge in [-0.15, -0.1) is 23.5 Å². The molecule has 1 aliphatic rings. The zero-order valence-electron chi connectivity index (χ0n) is 9.22. The zero-order chi connectivity index (χ0) is 11.7. The molecule has 7 heteroatoms. The molecule has 2 heterocycles. The Bertz CT molecular complexity index is 281. The van der Waals surface area contributed by atoms with E-state index in [1.807, 2.05) is 37.6 Å². The molecule has 0 aliphatic carbocycles. The van der Waals surface area contributed by atoms with Crippen LogP contribution in [-0.4, -0.2) is 42.6 Å². The fourth-order valence-corrected chi connectivity index (χ4v) is 3.32. The van der Waals surface area contributed by atoms with Crippen LogP contribution in [0.2, 0.25) is 0 Å². The van der Waals surface area contributed by atoms with Crippen molar-refractivity contribution >= 4 is 35.7 Å². The molecule has 15 heavy (non-hydrogen) atoms. The molecule has 0 bridgehead atoms. The van der Waals surface area contributed by atoms with Gasteiger partial charge in [0.15, 0.2) is 4.77 Å². The molecule has 5 N–H and O–H groups in total.